The van der Waals surface area contributed by atoms with Gasteiger partial charge >= 0.3 is 12.1 Å². The highest BCUT2D eigenvalue weighted by atomic mass is 32.2. The minimum Gasteiger partial charge on any atom is -0.480 e. The van der Waals surface area contributed by atoms with E-state index in [1.807, 2.05) is 0 Å². The number of carbonyl (C=O) groups is 2. The minimum atomic E-state index is -3.97. The molecule has 1 saturated heterocycles. The molecule has 1 aromatic rings. The minimum absolute atomic E-state index is 0.0434. The zero-order valence-electron chi connectivity index (χ0n) is 12.8. The van der Waals surface area contributed by atoms with Gasteiger partial charge in [-0.25, -0.2) is 18.0 Å². The topological polar surface area (TPSA) is 110 Å². The Kier molecular flexibility index (Phi) is 4.22. The van der Waals surface area contributed by atoms with Crippen molar-refractivity contribution in [3.63, 3.8) is 0 Å². The van der Waals surface area contributed by atoms with Crippen LogP contribution in [0.5, 0.6) is 0 Å². The summed E-state index contributed by atoms with van der Waals surface area (Å²) in [6, 6.07) is 6.13. The van der Waals surface area contributed by atoms with Crippen molar-refractivity contribution < 1.29 is 32.6 Å². The van der Waals surface area contributed by atoms with Gasteiger partial charge in [0.1, 0.15) is 13.2 Å². The highest BCUT2D eigenvalue weighted by Gasteiger charge is 2.55. The van der Waals surface area contributed by atoms with E-state index in [1.165, 1.54) is 12.1 Å². The summed E-state index contributed by atoms with van der Waals surface area (Å²) in [5.41, 5.74) is 0.691. The van der Waals surface area contributed by atoms with E-state index in [4.69, 9.17) is 14.6 Å². The lowest BCUT2D eigenvalue weighted by Gasteiger charge is -2.37. The maximum Gasteiger partial charge on any atom is 0.411 e. The van der Waals surface area contributed by atoms with Gasteiger partial charge in [-0.1, -0.05) is 12.1 Å². The van der Waals surface area contributed by atoms with Crippen molar-refractivity contribution in [1.29, 1.82) is 0 Å². The number of fused-ring (bicyclic) bond motifs is 4. The lowest BCUT2D eigenvalue weighted by Crippen LogP contribution is -2.56. The van der Waals surface area contributed by atoms with E-state index in [2.05, 4.69) is 0 Å². The van der Waals surface area contributed by atoms with Crippen LogP contribution in [-0.4, -0.2) is 55.1 Å². The van der Waals surface area contributed by atoms with Gasteiger partial charge in [0.15, 0.2) is 4.87 Å². The Labute approximate surface area is 138 Å². The second kappa shape index (κ2) is 6.06. The summed E-state index contributed by atoms with van der Waals surface area (Å²) < 4.78 is 36.7. The smallest absolute Gasteiger partial charge is 0.411 e. The van der Waals surface area contributed by atoms with Crippen molar-refractivity contribution in [1.82, 2.24) is 4.90 Å². The molecule has 0 radical (unpaired) electrons. The Balaban J connectivity index is 2.08. The predicted octanol–water partition coefficient (Wildman–Crippen LogP) is 1.00. The average Bonchev–Trinajstić information content (AvgIpc) is 2.98. The van der Waals surface area contributed by atoms with Crippen LogP contribution in [0.25, 0.3) is 0 Å². The molecule has 1 aromatic carbocycles. The van der Waals surface area contributed by atoms with Gasteiger partial charge in [-0.15, -0.1) is 0 Å². The largest absolute Gasteiger partial charge is 0.480 e. The molecule has 24 heavy (non-hydrogen) atoms. The number of sulfone groups is 1. The second-order valence-electron chi connectivity index (χ2n) is 5.79. The van der Waals surface area contributed by atoms with Crippen LogP contribution >= 0.6 is 0 Å². The molecule has 2 bridgehead atoms. The van der Waals surface area contributed by atoms with Gasteiger partial charge in [0.05, 0.1) is 11.5 Å². The van der Waals surface area contributed by atoms with Crippen molar-refractivity contribution >= 4 is 21.9 Å². The van der Waals surface area contributed by atoms with E-state index < -0.39 is 40.0 Å². The number of amides is 1. The fourth-order valence-electron chi connectivity index (χ4n) is 3.12. The summed E-state index contributed by atoms with van der Waals surface area (Å²) in [6.07, 6.45) is -0.120. The van der Waals surface area contributed by atoms with Crippen LogP contribution in [0.2, 0.25) is 0 Å². The van der Waals surface area contributed by atoms with E-state index in [-0.39, 0.29) is 24.5 Å². The molecule has 0 unspecified atom stereocenters. The lowest BCUT2D eigenvalue weighted by atomic mass is 10.2. The van der Waals surface area contributed by atoms with Crippen molar-refractivity contribution in [3.8, 4) is 0 Å². The van der Waals surface area contributed by atoms with Crippen LogP contribution < -0.4 is 0 Å². The number of nitrogens with zero attached hydrogens (tertiary/aromatic N) is 1. The van der Waals surface area contributed by atoms with Crippen LogP contribution in [0.3, 0.4) is 0 Å². The molecule has 0 saturated carbocycles. The summed E-state index contributed by atoms with van der Waals surface area (Å²) in [4.78, 5) is 22.6. The molecule has 0 aliphatic carbocycles. The average molecular weight is 355 g/mol. The van der Waals surface area contributed by atoms with Gasteiger partial charge in [-0.3, -0.25) is 4.90 Å². The number of carbonyl (C=O) groups excluding carboxylic acids is 1. The summed E-state index contributed by atoms with van der Waals surface area (Å²) in [7, 11) is -3.97. The van der Waals surface area contributed by atoms with Crippen LogP contribution in [0.4, 0.5) is 4.79 Å². The molecule has 130 valence electrons. The third-order valence-corrected chi connectivity index (χ3v) is 6.75. The summed E-state index contributed by atoms with van der Waals surface area (Å²) in [5, 5.41) is 8.74. The number of ether oxygens (including phenoxy) is 2. The Morgan fingerprint density at radius 1 is 1.33 bits per heavy atom. The van der Waals surface area contributed by atoms with Crippen LogP contribution in [-0.2, 0) is 30.7 Å². The zero-order chi connectivity index (χ0) is 17.4. The quantitative estimate of drug-likeness (QED) is 0.858. The van der Waals surface area contributed by atoms with E-state index in [0.717, 1.165) is 4.90 Å². The number of carboxylic acids is 1. The van der Waals surface area contributed by atoms with Gasteiger partial charge in [0.25, 0.3) is 0 Å². The molecular weight excluding hydrogens is 338 g/mol. The number of hydrogen-bond donors (Lipinski definition) is 1. The van der Waals surface area contributed by atoms with E-state index in [0.29, 0.717) is 12.0 Å². The van der Waals surface area contributed by atoms with Gasteiger partial charge < -0.3 is 14.6 Å². The number of aliphatic carboxylic acids is 1. The third-order valence-electron chi connectivity index (χ3n) is 4.31. The van der Waals surface area contributed by atoms with Crippen molar-refractivity contribution in [3.05, 3.63) is 29.8 Å². The van der Waals surface area contributed by atoms with E-state index >= 15 is 0 Å². The number of benzene rings is 1. The van der Waals surface area contributed by atoms with Crippen LogP contribution in [0.15, 0.2) is 29.2 Å². The third kappa shape index (κ3) is 2.63. The standard InChI is InChI=1S/C15H17NO7S/c17-13(18)9-22-10-15-6-1-7-16(15)14(19)23-8-11-2-4-12(5-3-11)24(15,20)21/h2-5H,1,6-10H2,(H,17,18)/t15-/m0/s1. The van der Waals surface area contributed by atoms with Crippen molar-refractivity contribution in [2.24, 2.45) is 0 Å². The summed E-state index contributed by atoms with van der Waals surface area (Å²) >= 11 is 0. The molecule has 3 aliphatic rings. The van der Waals surface area contributed by atoms with Gasteiger partial charge in [-0.05, 0) is 30.5 Å². The number of hydrogen-bond acceptors (Lipinski definition) is 6. The summed E-state index contributed by atoms with van der Waals surface area (Å²) in [6.45, 7) is -0.802. The molecule has 0 spiro atoms. The first-order chi connectivity index (χ1) is 11.4. The van der Waals surface area contributed by atoms with E-state index in [9.17, 15) is 18.0 Å². The van der Waals surface area contributed by atoms with Gasteiger partial charge in [0, 0.05) is 6.54 Å². The molecule has 1 amide bonds. The molecule has 9 heteroatoms. The highest BCUT2D eigenvalue weighted by molar-refractivity contribution is 7.92. The Bertz CT molecular complexity index is 759. The lowest BCUT2D eigenvalue weighted by molar-refractivity contribution is -0.142. The fourth-order valence-corrected chi connectivity index (χ4v) is 5.16. The molecular formula is C15H17NO7S. The Morgan fingerprint density at radius 2 is 2.04 bits per heavy atom. The summed E-state index contributed by atoms with van der Waals surface area (Å²) in [5.74, 6) is -1.21. The van der Waals surface area contributed by atoms with E-state index in [1.54, 1.807) is 12.1 Å². The second-order valence-corrected chi connectivity index (χ2v) is 8.03. The Hall–Kier alpha value is -2.13. The van der Waals surface area contributed by atoms with Crippen LogP contribution in [0, 0.1) is 0 Å². The van der Waals surface area contributed by atoms with Crippen molar-refractivity contribution in [2.45, 2.75) is 29.2 Å². The molecule has 1 N–H and O–H groups in total. The molecule has 8 nitrogen and oxygen atoms in total. The molecule has 3 heterocycles. The van der Waals surface area contributed by atoms with Gasteiger partial charge in [0.2, 0.25) is 9.84 Å². The van der Waals surface area contributed by atoms with Crippen molar-refractivity contribution in [2.75, 3.05) is 19.8 Å². The molecule has 1 fully saturated rings. The maximum absolute atomic E-state index is 13.2. The molecule has 4 rings (SSSR count). The zero-order valence-corrected chi connectivity index (χ0v) is 13.6. The Morgan fingerprint density at radius 3 is 2.71 bits per heavy atom. The monoisotopic (exact) mass is 355 g/mol. The van der Waals surface area contributed by atoms with Gasteiger partial charge in [-0.2, -0.15) is 0 Å². The molecule has 1 atom stereocenters. The molecule has 0 aromatic heterocycles. The highest BCUT2D eigenvalue weighted by Crippen LogP contribution is 2.40. The SMILES string of the molecule is O=C(O)COC[C@@]12CCCN1C(=O)OCc1ccc(cc1)S2(=O)=O. The van der Waals surface area contributed by atoms with Crippen LogP contribution in [0.1, 0.15) is 18.4 Å². The number of rotatable bonds is 4. The fraction of sp³-hybridized carbons (Fsp3) is 0.467. The molecule has 3 aliphatic heterocycles. The number of carboxylic acid groups (broad SMARTS) is 1. The first kappa shape index (κ1) is 16.7. The predicted molar refractivity (Wildman–Crippen MR) is 80.9 cm³/mol. The first-order valence-corrected chi connectivity index (χ1v) is 8.93. The maximum atomic E-state index is 13.2. The normalized spacial score (nSPS) is 25.2. The first-order valence-electron chi connectivity index (χ1n) is 7.44.